The molecule has 1 aliphatic rings. The minimum absolute atomic E-state index is 0.136. The van der Waals surface area contributed by atoms with Crippen LogP contribution in [0.1, 0.15) is 30.0 Å². The number of carboxylic acid groups (broad SMARTS) is 1. The molecular weight excluding hydrogens is 188 g/mol. The first kappa shape index (κ1) is 10.2. The maximum absolute atomic E-state index is 10.9. The average molecular weight is 204 g/mol. The third kappa shape index (κ3) is 1.65. The molecule has 0 aliphatic heterocycles. The van der Waals surface area contributed by atoms with Crippen LogP contribution in [-0.2, 0) is 10.2 Å². The number of rotatable bonds is 2. The van der Waals surface area contributed by atoms with E-state index in [4.69, 9.17) is 5.11 Å². The highest BCUT2D eigenvalue weighted by atomic mass is 16.4. The Bertz CT molecular complexity index is 402. The summed E-state index contributed by atoms with van der Waals surface area (Å²) in [4.78, 5) is 10.9. The number of carboxylic acids is 1. The molecule has 0 bridgehead atoms. The van der Waals surface area contributed by atoms with E-state index in [0.717, 1.165) is 6.42 Å². The van der Waals surface area contributed by atoms with Crippen molar-refractivity contribution in [1.29, 1.82) is 0 Å². The number of hydrogen-bond donors (Lipinski definition) is 1. The zero-order valence-corrected chi connectivity index (χ0v) is 9.37. The van der Waals surface area contributed by atoms with Crippen LogP contribution in [-0.4, -0.2) is 11.1 Å². The molecule has 0 saturated heterocycles. The molecular formula is C13H16O2. The fourth-order valence-electron chi connectivity index (χ4n) is 2.35. The molecule has 1 aromatic carbocycles. The van der Waals surface area contributed by atoms with Crippen molar-refractivity contribution < 1.29 is 9.90 Å². The van der Waals surface area contributed by atoms with Gasteiger partial charge in [-0.25, -0.2) is 0 Å². The molecule has 1 saturated carbocycles. The van der Waals surface area contributed by atoms with Gasteiger partial charge in [-0.1, -0.05) is 36.2 Å². The highest BCUT2D eigenvalue weighted by Crippen LogP contribution is 2.54. The number of aryl methyl sites for hydroxylation is 2. The minimum Gasteiger partial charge on any atom is -0.481 e. The van der Waals surface area contributed by atoms with Crippen LogP contribution in [0, 0.1) is 19.8 Å². The van der Waals surface area contributed by atoms with Crippen LogP contribution in [0.5, 0.6) is 0 Å². The number of benzene rings is 1. The molecule has 0 radical (unpaired) electrons. The number of aliphatic carboxylic acids is 1. The Labute approximate surface area is 89.9 Å². The van der Waals surface area contributed by atoms with E-state index >= 15 is 0 Å². The molecule has 2 nitrogen and oxygen atoms in total. The summed E-state index contributed by atoms with van der Waals surface area (Å²) in [5.41, 5.74) is 3.46. The van der Waals surface area contributed by atoms with Crippen LogP contribution in [0.2, 0.25) is 0 Å². The summed E-state index contributed by atoms with van der Waals surface area (Å²) >= 11 is 0. The largest absolute Gasteiger partial charge is 0.481 e. The molecule has 0 spiro atoms. The Morgan fingerprint density at radius 2 is 1.87 bits per heavy atom. The third-order valence-electron chi connectivity index (χ3n) is 3.42. The third-order valence-corrected chi connectivity index (χ3v) is 3.42. The lowest BCUT2D eigenvalue weighted by molar-refractivity contribution is -0.138. The van der Waals surface area contributed by atoms with E-state index in [-0.39, 0.29) is 11.3 Å². The van der Waals surface area contributed by atoms with Crippen LogP contribution in [0.15, 0.2) is 18.2 Å². The van der Waals surface area contributed by atoms with Crippen LogP contribution in [0.4, 0.5) is 0 Å². The summed E-state index contributed by atoms with van der Waals surface area (Å²) in [6, 6.07) is 6.33. The summed E-state index contributed by atoms with van der Waals surface area (Å²) in [6.07, 6.45) is 0.769. The van der Waals surface area contributed by atoms with E-state index in [1.165, 1.54) is 16.7 Å². The first-order valence-corrected chi connectivity index (χ1v) is 5.25. The molecule has 2 atom stereocenters. The van der Waals surface area contributed by atoms with Crippen molar-refractivity contribution in [2.24, 2.45) is 5.92 Å². The van der Waals surface area contributed by atoms with Gasteiger partial charge >= 0.3 is 5.97 Å². The van der Waals surface area contributed by atoms with Gasteiger partial charge < -0.3 is 5.11 Å². The van der Waals surface area contributed by atoms with Gasteiger partial charge in [0.15, 0.2) is 0 Å². The van der Waals surface area contributed by atoms with Gasteiger partial charge in [-0.05, 0) is 25.8 Å². The van der Waals surface area contributed by atoms with Crippen molar-refractivity contribution in [1.82, 2.24) is 0 Å². The van der Waals surface area contributed by atoms with Crippen LogP contribution >= 0.6 is 0 Å². The van der Waals surface area contributed by atoms with Gasteiger partial charge in [0.05, 0.1) is 5.92 Å². The first-order valence-electron chi connectivity index (χ1n) is 5.25. The van der Waals surface area contributed by atoms with Crippen molar-refractivity contribution in [3.05, 3.63) is 34.9 Å². The maximum Gasteiger partial charge on any atom is 0.307 e. The van der Waals surface area contributed by atoms with Gasteiger partial charge in [-0.2, -0.15) is 0 Å². The van der Waals surface area contributed by atoms with Gasteiger partial charge in [-0.3, -0.25) is 4.79 Å². The summed E-state index contributed by atoms with van der Waals surface area (Å²) in [5.74, 6) is -0.865. The smallest absolute Gasteiger partial charge is 0.307 e. The molecule has 1 aliphatic carbocycles. The van der Waals surface area contributed by atoms with E-state index in [0.29, 0.717) is 0 Å². The first-order chi connectivity index (χ1) is 6.93. The molecule has 0 aromatic heterocycles. The SMILES string of the molecule is Cc1cc(C)cc(C2(C)CC2C(=O)O)c1. The van der Waals surface area contributed by atoms with E-state index in [1.807, 2.05) is 6.92 Å². The van der Waals surface area contributed by atoms with Crippen molar-refractivity contribution in [3.8, 4) is 0 Å². The quantitative estimate of drug-likeness (QED) is 0.804. The molecule has 15 heavy (non-hydrogen) atoms. The molecule has 0 heterocycles. The van der Waals surface area contributed by atoms with Gasteiger partial charge in [0.2, 0.25) is 0 Å². The van der Waals surface area contributed by atoms with E-state index in [2.05, 4.69) is 32.0 Å². The van der Waals surface area contributed by atoms with Crippen molar-refractivity contribution in [3.63, 3.8) is 0 Å². The highest BCUT2D eigenvalue weighted by Gasteiger charge is 2.55. The van der Waals surface area contributed by atoms with Gasteiger partial charge in [0.1, 0.15) is 0 Å². The second-order valence-corrected chi connectivity index (χ2v) is 4.89. The lowest BCUT2D eigenvalue weighted by atomic mass is 9.92. The van der Waals surface area contributed by atoms with E-state index in [1.54, 1.807) is 0 Å². The summed E-state index contributed by atoms with van der Waals surface area (Å²) in [7, 11) is 0. The molecule has 0 amide bonds. The van der Waals surface area contributed by atoms with Crippen LogP contribution in [0.3, 0.4) is 0 Å². The minimum atomic E-state index is -0.670. The van der Waals surface area contributed by atoms with Gasteiger partial charge in [0, 0.05) is 5.41 Å². The monoisotopic (exact) mass is 204 g/mol. The Balaban J connectivity index is 2.36. The summed E-state index contributed by atoms with van der Waals surface area (Å²) in [5, 5.41) is 8.99. The second-order valence-electron chi connectivity index (χ2n) is 4.89. The molecule has 1 aromatic rings. The second kappa shape index (κ2) is 3.09. The lowest BCUT2D eigenvalue weighted by Crippen LogP contribution is -2.11. The van der Waals surface area contributed by atoms with Crippen LogP contribution < -0.4 is 0 Å². The van der Waals surface area contributed by atoms with Gasteiger partial charge in [-0.15, -0.1) is 0 Å². The predicted molar refractivity (Wildman–Crippen MR) is 59.0 cm³/mol. The summed E-state index contributed by atoms with van der Waals surface area (Å²) < 4.78 is 0. The molecule has 1 fully saturated rings. The average Bonchev–Trinajstić information content (AvgIpc) is 2.78. The van der Waals surface area contributed by atoms with Crippen molar-refractivity contribution in [2.45, 2.75) is 32.6 Å². The maximum atomic E-state index is 10.9. The Morgan fingerprint density at radius 3 is 2.27 bits per heavy atom. The molecule has 2 unspecified atom stereocenters. The topological polar surface area (TPSA) is 37.3 Å². The molecule has 2 heteroatoms. The fraction of sp³-hybridized carbons (Fsp3) is 0.462. The van der Waals surface area contributed by atoms with E-state index in [9.17, 15) is 4.79 Å². The Kier molecular flexibility index (Phi) is 2.10. The molecule has 1 N–H and O–H groups in total. The highest BCUT2D eigenvalue weighted by molar-refractivity contribution is 5.77. The fourth-order valence-corrected chi connectivity index (χ4v) is 2.35. The standard InChI is InChI=1S/C13H16O2/c1-8-4-9(2)6-10(5-8)13(3)7-11(13)12(14)15/h4-6,11H,7H2,1-3H3,(H,14,15). The number of carbonyl (C=O) groups is 1. The zero-order valence-electron chi connectivity index (χ0n) is 9.37. The van der Waals surface area contributed by atoms with Crippen LogP contribution in [0.25, 0.3) is 0 Å². The normalized spacial score (nSPS) is 28.9. The molecule has 80 valence electrons. The Morgan fingerprint density at radius 1 is 1.33 bits per heavy atom. The van der Waals surface area contributed by atoms with E-state index < -0.39 is 5.97 Å². The molecule has 2 rings (SSSR count). The predicted octanol–water partition coefficient (Wildman–Crippen LogP) is 2.67. The summed E-state index contributed by atoms with van der Waals surface area (Å²) in [6.45, 7) is 6.15. The lowest BCUT2D eigenvalue weighted by Gasteiger charge is -2.12. The zero-order chi connectivity index (χ0) is 11.2. The van der Waals surface area contributed by atoms with Crippen molar-refractivity contribution >= 4 is 5.97 Å². The number of hydrogen-bond acceptors (Lipinski definition) is 1. The van der Waals surface area contributed by atoms with Gasteiger partial charge in [0.25, 0.3) is 0 Å². The van der Waals surface area contributed by atoms with Crippen molar-refractivity contribution in [2.75, 3.05) is 0 Å². The Hall–Kier alpha value is -1.31.